The molecule has 3 rings (SSSR count). The van der Waals surface area contributed by atoms with Crippen molar-refractivity contribution in [3.05, 3.63) is 36.4 Å². The van der Waals surface area contributed by atoms with Crippen LogP contribution >= 0.6 is 0 Å². The Balaban J connectivity index is 1.93. The molecule has 1 aliphatic heterocycles. The number of nitrogens with zero attached hydrogens (tertiary/aromatic N) is 4. The van der Waals surface area contributed by atoms with Crippen molar-refractivity contribution in [2.45, 2.75) is 6.10 Å². The lowest BCUT2D eigenvalue weighted by molar-refractivity contribution is 0.0761. The van der Waals surface area contributed by atoms with Gasteiger partial charge in [-0.3, -0.25) is 0 Å². The normalized spacial score (nSPS) is 18.2. The Bertz CT molecular complexity index is 668. The number of morpholine rings is 1. The van der Waals surface area contributed by atoms with Gasteiger partial charge in [-0.25, -0.2) is 9.97 Å². The van der Waals surface area contributed by atoms with Gasteiger partial charge in [-0.15, -0.1) is 0 Å². The van der Waals surface area contributed by atoms with Crippen molar-refractivity contribution in [2.24, 2.45) is 0 Å². The zero-order valence-corrected chi connectivity index (χ0v) is 11.4. The molecule has 21 heavy (non-hydrogen) atoms. The van der Waals surface area contributed by atoms with E-state index in [1.165, 1.54) is 0 Å². The van der Waals surface area contributed by atoms with Crippen LogP contribution in [0.3, 0.4) is 0 Å². The van der Waals surface area contributed by atoms with E-state index < -0.39 is 6.10 Å². The highest BCUT2D eigenvalue weighted by molar-refractivity contribution is 5.60. The van der Waals surface area contributed by atoms with E-state index in [1.807, 2.05) is 35.2 Å². The van der Waals surface area contributed by atoms with Crippen LogP contribution in [0.2, 0.25) is 0 Å². The second-order valence-corrected chi connectivity index (χ2v) is 4.78. The number of rotatable bonds is 2. The summed E-state index contributed by atoms with van der Waals surface area (Å²) in [6, 6.07) is 13.5. The number of nitriles is 1. The lowest BCUT2D eigenvalue weighted by Gasteiger charge is -2.30. The van der Waals surface area contributed by atoms with E-state index in [9.17, 15) is 0 Å². The molecule has 0 saturated carbocycles. The van der Waals surface area contributed by atoms with Gasteiger partial charge in [0.25, 0.3) is 0 Å². The second kappa shape index (κ2) is 5.77. The van der Waals surface area contributed by atoms with Crippen molar-refractivity contribution in [1.29, 1.82) is 5.26 Å². The fourth-order valence-corrected chi connectivity index (χ4v) is 2.27. The van der Waals surface area contributed by atoms with Gasteiger partial charge in [0.1, 0.15) is 11.6 Å². The Morgan fingerprint density at radius 1 is 1.29 bits per heavy atom. The Hall–Kier alpha value is -2.65. The van der Waals surface area contributed by atoms with Crippen LogP contribution in [0.5, 0.6) is 0 Å². The first-order valence-electron chi connectivity index (χ1n) is 6.72. The first-order valence-corrected chi connectivity index (χ1v) is 6.72. The summed E-state index contributed by atoms with van der Waals surface area (Å²) in [5, 5.41) is 8.98. The summed E-state index contributed by atoms with van der Waals surface area (Å²) >= 11 is 0. The van der Waals surface area contributed by atoms with Gasteiger partial charge >= 0.3 is 0 Å². The second-order valence-electron chi connectivity index (χ2n) is 4.78. The number of hydrogen-bond acceptors (Lipinski definition) is 6. The molecule has 2 N–H and O–H groups in total. The highest BCUT2D eigenvalue weighted by Crippen LogP contribution is 2.22. The lowest BCUT2D eigenvalue weighted by Crippen LogP contribution is -2.42. The Morgan fingerprint density at radius 2 is 2.10 bits per heavy atom. The minimum atomic E-state index is -0.435. The Morgan fingerprint density at radius 3 is 2.86 bits per heavy atom. The smallest absolute Gasteiger partial charge is 0.163 e. The molecular formula is C15H15N5O. The van der Waals surface area contributed by atoms with Crippen molar-refractivity contribution < 1.29 is 4.74 Å². The Labute approximate surface area is 122 Å². The molecular weight excluding hydrogens is 266 g/mol. The van der Waals surface area contributed by atoms with Gasteiger partial charge < -0.3 is 15.4 Å². The van der Waals surface area contributed by atoms with Gasteiger partial charge in [-0.05, 0) is 0 Å². The number of anilines is 2. The third-order valence-electron chi connectivity index (χ3n) is 3.30. The van der Waals surface area contributed by atoms with Crippen molar-refractivity contribution in [2.75, 3.05) is 30.3 Å². The van der Waals surface area contributed by atoms with Gasteiger partial charge in [0.2, 0.25) is 0 Å². The van der Waals surface area contributed by atoms with E-state index >= 15 is 0 Å². The number of nitrogens with two attached hydrogens (primary N) is 1. The van der Waals surface area contributed by atoms with E-state index in [0.29, 0.717) is 31.3 Å². The maximum Gasteiger partial charge on any atom is 0.163 e. The van der Waals surface area contributed by atoms with Crippen LogP contribution < -0.4 is 10.6 Å². The standard InChI is InChI=1S/C15H15N5O/c16-9-12-10-20(6-7-21-12)14-8-13(17)18-15(19-14)11-4-2-1-3-5-11/h1-5,8,12H,6-7,10H2,(H2,17,18,19). The average Bonchev–Trinajstić information content (AvgIpc) is 2.55. The molecule has 0 aliphatic carbocycles. The maximum absolute atomic E-state index is 8.98. The van der Waals surface area contributed by atoms with Gasteiger partial charge in [0.05, 0.1) is 19.2 Å². The van der Waals surface area contributed by atoms with Crippen LogP contribution in [0, 0.1) is 11.3 Å². The number of nitrogen functional groups attached to an aromatic ring is 1. The summed E-state index contributed by atoms with van der Waals surface area (Å²) in [7, 11) is 0. The average molecular weight is 281 g/mol. The molecule has 1 fully saturated rings. The van der Waals surface area contributed by atoms with E-state index in [0.717, 1.165) is 11.4 Å². The highest BCUT2D eigenvalue weighted by atomic mass is 16.5. The van der Waals surface area contributed by atoms with E-state index in [2.05, 4.69) is 16.0 Å². The van der Waals surface area contributed by atoms with Crippen LogP contribution in [0.25, 0.3) is 11.4 Å². The fraction of sp³-hybridized carbons (Fsp3) is 0.267. The summed E-state index contributed by atoms with van der Waals surface area (Å²) in [6.07, 6.45) is -0.435. The van der Waals surface area contributed by atoms with Crippen LogP contribution in [-0.4, -0.2) is 35.8 Å². The van der Waals surface area contributed by atoms with Gasteiger partial charge in [-0.2, -0.15) is 5.26 Å². The molecule has 1 aliphatic rings. The number of ether oxygens (including phenoxy) is 1. The third kappa shape index (κ3) is 2.93. The molecule has 0 spiro atoms. The SMILES string of the molecule is N#CC1CN(c2cc(N)nc(-c3ccccc3)n2)CCO1. The molecule has 1 saturated heterocycles. The first-order chi connectivity index (χ1) is 10.3. The number of aromatic nitrogens is 2. The minimum Gasteiger partial charge on any atom is -0.384 e. The Kier molecular flexibility index (Phi) is 3.67. The first kappa shape index (κ1) is 13.3. The van der Waals surface area contributed by atoms with Gasteiger partial charge in [-0.1, -0.05) is 30.3 Å². The molecule has 1 aromatic heterocycles. The molecule has 6 nitrogen and oxygen atoms in total. The summed E-state index contributed by atoms with van der Waals surface area (Å²) in [5.74, 6) is 1.73. The molecule has 0 amide bonds. The fourth-order valence-electron chi connectivity index (χ4n) is 2.27. The van der Waals surface area contributed by atoms with E-state index in [1.54, 1.807) is 6.07 Å². The molecule has 2 heterocycles. The monoisotopic (exact) mass is 281 g/mol. The van der Waals surface area contributed by atoms with Crippen molar-refractivity contribution in [3.8, 4) is 17.5 Å². The summed E-state index contributed by atoms with van der Waals surface area (Å²) < 4.78 is 5.35. The molecule has 0 radical (unpaired) electrons. The predicted octanol–water partition coefficient (Wildman–Crippen LogP) is 1.45. The van der Waals surface area contributed by atoms with Crippen molar-refractivity contribution in [3.63, 3.8) is 0 Å². The number of benzene rings is 1. The summed E-state index contributed by atoms with van der Waals surface area (Å²) in [5.41, 5.74) is 6.81. The maximum atomic E-state index is 8.98. The van der Waals surface area contributed by atoms with E-state index in [4.69, 9.17) is 15.7 Å². The predicted molar refractivity (Wildman–Crippen MR) is 79.4 cm³/mol. The van der Waals surface area contributed by atoms with Gasteiger partial charge in [0, 0.05) is 18.2 Å². The molecule has 1 aromatic carbocycles. The summed E-state index contributed by atoms with van der Waals surface area (Å²) in [6.45, 7) is 1.67. The molecule has 6 heteroatoms. The molecule has 1 atom stereocenters. The van der Waals surface area contributed by atoms with Crippen LogP contribution in [0.1, 0.15) is 0 Å². The molecule has 1 unspecified atom stereocenters. The largest absolute Gasteiger partial charge is 0.384 e. The topological polar surface area (TPSA) is 88.1 Å². The van der Waals surface area contributed by atoms with Gasteiger partial charge in [0.15, 0.2) is 11.9 Å². The van der Waals surface area contributed by atoms with Crippen LogP contribution in [0.15, 0.2) is 36.4 Å². The summed E-state index contributed by atoms with van der Waals surface area (Å²) in [4.78, 5) is 10.8. The lowest BCUT2D eigenvalue weighted by atomic mass is 10.2. The van der Waals surface area contributed by atoms with Crippen LogP contribution in [-0.2, 0) is 4.74 Å². The zero-order chi connectivity index (χ0) is 14.7. The minimum absolute atomic E-state index is 0.416. The zero-order valence-electron chi connectivity index (χ0n) is 11.4. The van der Waals surface area contributed by atoms with Crippen molar-refractivity contribution >= 4 is 11.6 Å². The molecule has 106 valence electrons. The highest BCUT2D eigenvalue weighted by Gasteiger charge is 2.22. The van der Waals surface area contributed by atoms with Crippen molar-refractivity contribution in [1.82, 2.24) is 9.97 Å². The van der Waals surface area contributed by atoms with Crippen LogP contribution in [0.4, 0.5) is 11.6 Å². The quantitative estimate of drug-likeness (QED) is 0.896. The number of hydrogen-bond donors (Lipinski definition) is 1. The third-order valence-corrected chi connectivity index (χ3v) is 3.30. The van der Waals surface area contributed by atoms with E-state index in [-0.39, 0.29) is 0 Å². The molecule has 2 aromatic rings. The molecule has 0 bridgehead atoms.